The van der Waals surface area contributed by atoms with Crippen molar-refractivity contribution in [2.75, 3.05) is 6.26 Å². The highest BCUT2D eigenvalue weighted by molar-refractivity contribution is 8.14. The summed E-state index contributed by atoms with van der Waals surface area (Å²) in [6.07, 6.45) is 0.126. The van der Waals surface area contributed by atoms with E-state index in [1.54, 1.807) is 0 Å². The molecule has 0 aromatic heterocycles. The van der Waals surface area contributed by atoms with Crippen LogP contribution in [-0.2, 0) is 31.4 Å². The molecule has 55 heavy (non-hydrogen) atoms. The van der Waals surface area contributed by atoms with Crippen molar-refractivity contribution in [3.63, 3.8) is 0 Å². The van der Waals surface area contributed by atoms with E-state index in [2.05, 4.69) is 45.0 Å². The lowest BCUT2D eigenvalue weighted by molar-refractivity contribution is -0.136. The molecule has 5 aromatic carbocycles. The number of benzene rings is 5. The van der Waals surface area contributed by atoms with E-state index in [1.807, 2.05) is 148 Å². The standard InChI is InChI=1S/C46H55NO5S2Si/c1-35(2)33-46(49,39-27-17-10-18-28-39)43(52-55(45(4,5)6,40-29-19-11-20-30-40)41-31-21-12-22-32-41)44(48)53-42(38-25-15-9-16-26-38)36(3)47(54(7,50)51)34-37-23-13-8-14-24-37/h8-32,35-36,42-43,49H,33-34H2,1-7H3/t36-,42-,43-,46+/m1/s1. The molecule has 0 saturated carbocycles. The third kappa shape index (κ3) is 9.77. The van der Waals surface area contributed by atoms with Crippen molar-refractivity contribution < 1.29 is 22.7 Å². The van der Waals surface area contributed by atoms with Crippen LogP contribution in [-0.4, -0.2) is 49.7 Å². The molecule has 6 nitrogen and oxygen atoms in total. The first-order valence-electron chi connectivity index (χ1n) is 18.9. The highest BCUT2D eigenvalue weighted by Gasteiger charge is 2.56. The van der Waals surface area contributed by atoms with Crippen LogP contribution < -0.4 is 10.4 Å². The van der Waals surface area contributed by atoms with E-state index in [4.69, 9.17) is 4.43 Å². The summed E-state index contributed by atoms with van der Waals surface area (Å²) in [4.78, 5) is 15.7. The molecular weight excluding hydrogens is 739 g/mol. The first kappa shape index (κ1) is 42.3. The van der Waals surface area contributed by atoms with Crippen molar-refractivity contribution in [3.05, 3.63) is 168 Å². The fraction of sp³-hybridized carbons (Fsp3) is 0.326. The molecule has 0 spiro atoms. The van der Waals surface area contributed by atoms with Crippen LogP contribution in [0.5, 0.6) is 0 Å². The zero-order chi connectivity index (χ0) is 39.9. The van der Waals surface area contributed by atoms with Gasteiger partial charge in [0.05, 0.1) is 11.5 Å². The Morgan fingerprint density at radius 1 is 0.727 bits per heavy atom. The molecule has 0 aliphatic carbocycles. The van der Waals surface area contributed by atoms with Gasteiger partial charge in [0.1, 0.15) is 11.7 Å². The predicted molar refractivity (Wildman–Crippen MR) is 230 cm³/mol. The Morgan fingerprint density at radius 3 is 1.60 bits per heavy atom. The van der Waals surface area contributed by atoms with Crippen LogP contribution in [0.4, 0.5) is 0 Å². The Balaban J connectivity index is 1.74. The Kier molecular flexibility index (Phi) is 13.8. The summed E-state index contributed by atoms with van der Waals surface area (Å²) in [5.41, 5.74) is 0.488. The van der Waals surface area contributed by atoms with Gasteiger partial charge in [-0.1, -0.05) is 198 Å². The van der Waals surface area contributed by atoms with E-state index >= 15 is 4.79 Å². The number of sulfonamides is 1. The lowest BCUT2D eigenvalue weighted by Gasteiger charge is -2.48. The van der Waals surface area contributed by atoms with Crippen LogP contribution in [0.1, 0.15) is 69.9 Å². The number of hydrogen-bond acceptors (Lipinski definition) is 6. The van der Waals surface area contributed by atoms with E-state index in [1.165, 1.54) is 10.6 Å². The number of rotatable bonds is 16. The number of thioether (sulfide) groups is 1. The minimum absolute atomic E-state index is 0.0105. The molecule has 0 radical (unpaired) electrons. The van der Waals surface area contributed by atoms with Crippen molar-refractivity contribution in [2.45, 2.75) is 82.5 Å². The largest absolute Gasteiger partial charge is 0.393 e. The second kappa shape index (κ2) is 18.0. The minimum Gasteiger partial charge on any atom is -0.393 e. The molecular formula is C46H55NO5S2Si. The van der Waals surface area contributed by atoms with Crippen LogP contribution in [0.15, 0.2) is 152 Å². The summed E-state index contributed by atoms with van der Waals surface area (Å²) in [5, 5.41) is 13.8. The SMILES string of the molecule is CC(C)C[C@](O)(c1ccccc1)[C@H](O[Si](c1ccccc1)(c1ccccc1)C(C)(C)C)C(=O)S[C@@H](c1ccccc1)[C@@H](C)N(Cc1ccccc1)S(C)(=O)=O. The molecule has 0 heterocycles. The van der Waals surface area contributed by atoms with E-state index < -0.39 is 46.4 Å². The van der Waals surface area contributed by atoms with Crippen LogP contribution in [0, 0.1) is 5.92 Å². The molecule has 1 N–H and O–H groups in total. The minimum atomic E-state index is -3.74. The first-order chi connectivity index (χ1) is 26.1. The van der Waals surface area contributed by atoms with E-state index in [0.29, 0.717) is 5.56 Å². The average molecular weight is 794 g/mol. The van der Waals surface area contributed by atoms with E-state index in [0.717, 1.165) is 33.3 Å². The maximum absolute atomic E-state index is 15.7. The fourth-order valence-electron chi connectivity index (χ4n) is 7.69. The summed E-state index contributed by atoms with van der Waals surface area (Å²) >= 11 is 1.05. The number of carbonyl (C=O) groups excluding carboxylic acids is 1. The number of aliphatic hydroxyl groups is 1. The summed E-state index contributed by atoms with van der Waals surface area (Å²) in [6.45, 7) is 12.5. The molecule has 290 valence electrons. The van der Waals surface area contributed by atoms with E-state index in [-0.39, 0.29) is 24.0 Å². The van der Waals surface area contributed by atoms with Crippen LogP contribution >= 0.6 is 11.8 Å². The molecule has 0 aliphatic heterocycles. The van der Waals surface area contributed by atoms with Gasteiger partial charge in [-0.05, 0) is 51.4 Å². The molecule has 0 amide bonds. The molecule has 0 bridgehead atoms. The van der Waals surface area contributed by atoms with Gasteiger partial charge in [-0.15, -0.1) is 0 Å². The number of carbonyl (C=O) groups is 1. The van der Waals surface area contributed by atoms with Crippen molar-refractivity contribution in [3.8, 4) is 0 Å². The van der Waals surface area contributed by atoms with Gasteiger partial charge in [0.2, 0.25) is 15.1 Å². The van der Waals surface area contributed by atoms with Crippen LogP contribution in [0.2, 0.25) is 5.04 Å². The van der Waals surface area contributed by atoms with Gasteiger partial charge in [-0.25, -0.2) is 8.42 Å². The molecule has 0 aliphatic rings. The Morgan fingerprint density at radius 2 is 1.16 bits per heavy atom. The maximum atomic E-state index is 15.7. The zero-order valence-corrected chi connectivity index (χ0v) is 35.6. The number of nitrogens with zero attached hydrogens (tertiary/aromatic N) is 1. The Bertz CT molecular complexity index is 2020. The summed E-state index contributed by atoms with van der Waals surface area (Å²) in [7, 11) is -7.17. The fourth-order valence-corrected chi connectivity index (χ4v) is 14.9. The lowest BCUT2D eigenvalue weighted by atomic mass is 9.81. The van der Waals surface area contributed by atoms with Gasteiger partial charge < -0.3 is 9.53 Å². The Hall–Kier alpha value is -3.83. The average Bonchev–Trinajstić information content (AvgIpc) is 3.16. The second-order valence-electron chi connectivity index (χ2n) is 15.9. The van der Waals surface area contributed by atoms with Crippen LogP contribution in [0.3, 0.4) is 0 Å². The van der Waals surface area contributed by atoms with Crippen molar-refractivity contribution in [1.29, 1.82) is 0 Å². The molecule has 0 saturated heterocycles. The summed E-state index contributed by atoms with van der Waals surface area (Å²) in [5.74, 6) is -0.0105. The highest BCUT2D eigenvalue weighted by Crippen LogP contribution is 2.46. The predicted octanol–water partition coefficient (Wildman–Crippen LogP) is 8.72. The van der Waals surface area contributed by atoms with Gasteiger partial charge in [-0.2, -0.15) is 4.31 Å². The maximum Gasteiger partial charge on any atom is 0.262 e. The zero-order valence-electron chi connectivity index (χ0n) is 33.0. The molecule has 4 atom stereocenters. The van der Waals surface area contributed by atoms with Gasteiger partial charge >= 0.3 is 0 Å². The summed E-state index contributed by atoms with van der Waals surface area (Å²) in [6, 6.07) is 48.0. The first-order valence-corrected chi connectivity index (χ1v) is 23.5. The van der Waals surface area contributed by atoms with Crippen molar-refractivity contribution in [2.24, 2.45) is 5.92 Å². The number of hydrogen-bond donors (Lipinski definition) is 1. The van der Waals surface area contributed by atoms with Gasteiger partial charge in [0.25, 0.3) is 8.32 Å². The van der Waals surface area contributed by atoms with Crippen LogP contribution in [0.25, 0.3) is 0 Å². The van der Waals surface area contributed by atoms with Crippen molar-refractivity contribution in [1.82, 2.24) is 4.31 Å². The van der Waals surface area contributed by atoms with Gasteiger partial charge in [0.15, 0.2) is 0 Å². The van der Waals surface area contributed by atoms with E-state index in [9.17, 15) is 13.5 Å². The molecule has 0 unspecified atom stereocenters. The highest BCUT2D eigenvalue weighted by atomic mass is 32.2. The second-order valence-corrected chi connectivity index (χ2v) is 23.2. The topological polar surface area (TPSA) is 83.9 Å². The smallest absolute Gasteiger partial charge is 0.262 e. The lowest BCUT2D eigenvalue weighted by Crippen LogP contribution is -2.70. The molecule has 9 heteroatoms. The van der Waals surface area contributed by atoms with Gasteiger partial charge in [-0.3, -0.25) is 4.79 Å². The molecule has 0 fully saturated rings. The van der Waals surface area contributed by atoms with Gasteiger partial charge in [0, 0.05) is 12.6 Å². The van der Waals surface area contributed by atoms with Crippen molar-refractivity contribution >= 4 is 45.6 Å². The summed E-state index contributed by atoms with van der Waals surface area (Å²) < 4.78 is 36.3. The molecule has 5 aromatic rings. The monoisotopic (exact) mass is 793 g/mol. The third-order valence-electron chi connectivity index (χ3n) is 10.2. The molecule has 5 rings (SSSR count). The Labute approximate surface area is 334 Å². The third-order valence-corrected chi connectivity index (χ3v) is 17.9. The normalized spacial score (nSPS) is 15.3. The quantitative estimate of drug-likeness (QED) is 0.101.